The molecule has 2 unspecified atom stereocenters. The fourth-order valence-electron chi connectivity index (χ4n) is 4.98. The third kappa shape index (κ3) is 5.59. The third-order valence-electron chi connectivity index (χ3n) is 7.12. The van der Waals surface area contributed by atoms with E-state index in [1.54, 1.807) is 48.2 Å². The number of carbonyl (C=O) groups excluding carboxylic acids is 2. The Labute approximate surface area is 239 Å². The summed E-state index contributed by atoms with van der Waals surface area (Å²) in [4.78, 5) is 61.0. The summed E-state index contributed by atoms with van der Waals surface area (Å²) >= 11 is 7.37. The van der Waals surface area contributed by atoms with Gasteiger partial charge in [0.1, 0.15) is 11.9 Å². The fourth-order valence-corrected chi connectivity index (χ4v) is 6.07. The Hall–Kier alpha value is -3.77. The molecule has 11 nitrogen and oxygen atoms in total. The molecule has 13 heteroatoms. The van der Waals surface area contributed by atoms with Crippen molar-refractivity contribution in [3.8, 4) is 0 Å². The largest absolute Gasteiger partial charge is 0.384 e. The maximum Gasteiger partial charge on any atom is 0.349 e. The number of thioether (sulfide) groups is 1. The van der Waals surface area contributed by atoms with Crippen LogP contribution in [0.15, 0.2) is 63.0 Å². The molecule has 1 aromatic carbocycles. The number of rotatable bonds is 8. The zero-order chi connectivity index (χ0) is 28.4. The lowest BCUT2D eigenvalue weighted by Crippen LogP contribution is -2.44. The molecule has 3 aromatic rings. The minimum absolute atomic E-state index is 0.112. The maximum absolute atomic E-state index is 13.8. The molecule has 2 amide bonds. The average Bonchev–Trinajstić information content (AvgIpc) is 3.57. The first-order valence-electron chi connectivity index (χ1n) is 13.0. The molecule has 3 N–H and O–H groups in total. The number of halogens is 1. The second-order valence-electron chi connectivity index (χ2n) is 9.75. The summed E-state index contributed by atoms with van der Waals surface area (Å²) in [6.45, 7) is 3.24. The number of benzene rings is 1. The number of amides is 2. The van der Waals surface area contributed by atoms with Crippen molar-refractivity contribution in [1.82, 2.24) is 29.1 Å². The van der Waals surface area contributed by atoms with Crippen LogP contribution in [0.2, 0.25) is 5.02 Å². The number of pyridine rings is 1. The number of nitrogens with one attached hydrogen (secondary N) is 1. The molecule has 4 heterocycles. The number of fused-ring (bicyclic) bond motifs is 1. The standard InChI is InChI=1S/C27H30ClN7O4S/c1-17-18(6-11-23(29)31-17)15-30-24(36)21-5-4-14-33-26(38)34(27(39)35(21)33)22(25(37)32-12-2-3-13-32)16-40-20-9-7-19(28)8-10-20/h4-11,21-22H,2-3,12-16H2,1H3,(H2,29,31)(H,30,36). The molecule has 210 valence electrons. The predicted molar refractivity (Wildman–Crippen MR) is 153 cm³/mol. The highest BCUT2D eigenvalue weighted by Crippen LogP contribution is 2.26. The van der Waals surface area contributed by atoms with Crippen molar-refractivity contribution in [2.24, 2.45) is 0 Å². The van der Waals surface area contributed by atoms with Gasteiger partial charge in [-0.05, 0) is 55.7 Å². The molecule has 0 spiro atoms. The van der Waals surface area contributed by atoms with E-state index in [2.05, 4.69) is 10.3 Å². The summed E-state index contributed by atoms with van der Waals surface area (Å²) < 4.78 is 3.37. The van der Waals surface area contributed by atoms with Crippen LogP contribution in [0.3, 0.4) is 0 Å². The van der Waals surface area contributed by atoms with Crippen molar-refractivity contribution in [3.05, 3.63) is 85.8 Å². The van der Waals surface area contributed by atoms with Crippen LogP contribution in [-0.2, 0) is 22.7 Å². The Balaban J connectivity index is 1.44. The molecule has 0 radical (unpaired) electrons. The Morgan fingerprint density at radius 1 is 1.12 bits per heavy atom. The van der Waals surface area contributed by atoms with Gasteiger partial charge in [-0.1, -0.05) is 29.8 Å². The minimum Gasteiger partial charge on any atom is -0.384 e. The fraction of sp³-hybridized carbons (Fsp3) is 0.370. The lowest BCUT2D eigenvalue weighted by atomic mass is 10.2. The van der Waals surface area contributed by atoms with E-state index in [9.17, 15) is 19.2 Å². The molecule has 1 fully saturated rings. The Kier molecular flexibility index (Phi) is 8.17. The van der Waals surface area contributed by atoms with E-state index in [0.717, 1.165) is 32.5 Å². The van der Waals surface area contributed by atoms with Gasteiger partial charge in [0.25, 0.3) is 0 Å². The van der Waals surface area contributed by atoms with Crippen molar-refractivity contribution in [1.29, 1.82) is 0 Å². The number of likely N-dealkylation sites (tertiary alicyclic amines) is 1. The van der Waals surface area contributed by atoms with Crippen LogP contribution in [0.5, 0.6) is 0 Å². The van der Waals surface area contributed by atoms with Crippen LogP contribution >= 0.6 is 23.4 Å². The molecule has 2 aromatic heterocycles. The smallest absolute Gasteiger partial charge is 0.349 e. The zero-order valence-electron chi connectivity index (χ0n) is 22.0. The molecule has 0 saturated carbocycles. The van der Waals surface area contributed by atoms with Crippen molar-refractivity contribution < 1.29 is 9.59 Å². The number of nitrogens with two attached hydrogens (primary N) is 1. The van der Waals surface area contributed by atoms with Gasteiger partial charge >= 0.3 is 11.4 Å². The van der Waals surface area contributed by atoms with Crippen LogP contribution in [-0.4, -0.2) is 54.5 Å². The van der Waals surface area contributed by atoms with Crippen LogP contribution in [0.25, 0.3) is 0 Å². The summed E-state index contributed by atoms with van der Waals surface area (Å²) in [7, 11) is 0. The number of carbonyl (C=O) groups is 2. The molecule has 2 atom stereocenters. The summed E-state index contributed by atoms with van der Waals surface area (Å²) in [5.74, 6) is -0.184. The molecular weight excluding hydrogens is 554 g/mol. The van der Waals surface area contributed by atoms with E-state index in [4.69, 9.17) is 17.3 Å². The van der Waals surface area contributed by atoms with E-state index < -0.39 is 29.4 Å². The Morgan fingerprint density at radius 2 is 1.85 bits per heavy atom. The van der Waals surface area contributed by atoms with Crippen LogP contribution in [0.1, 0.15) is 36.2 Å². The van der Waals surface area contributed by atoms with Gasteiger partial charge in [0.2, 0.25) is 11.8 Å². The van der Waals surface area contributed by atoms with Gasteiger partial charge in [0.05, 0.1) is 6.54 Å². The van der Waals surface area contributed by atoms with E-state index in [1.165, 1.54) is 16.4 Å². The topological polar surface area (TPSA) is 137 Å². The van der Waals surface area contributed by atoms with Crippen molar-refractivity contribution >= 4 is 41.0 Å². The molecule has 40 heavy (non-hydrogen) atoms. The number of nitrogen functional groups attached to an aromatic ring is 1. The summed E-state index contributed by atoms with van der Waals surface area (Å²) in [5, 5.41) is 3.41. The zero-order valence-corrected chi connectivity index (χ0v) is 23.5. The van der Waals surface area contributed by atoms with Gasteiger partial charge < -0.3 is 16.0 Å². The van der Waals surface area contributed by atoms with Gasteiger partial charge in [0, 0.05) is 41.0 Å². The van der Waals surface area contributed by atoms with Gasteiger partial charge in [-0.2, -0.15) is 0 Å². The minimum atomic E-state index is -1.05. The lowest BCUT2D eigenvalue weighted by molar-refractivity contribution is -0.133. The van der Waals surface area contributed by atoms with Gasteiger partial charge in [0.15, 0.2) is 6.04 Å². The van der Waals surface area contributed by atoms with E-state index in [-0.39, 0.29) is 24.7 Å². The van der Waals surface area contributed by atoms with Crippen LogP contribution in [0, 0.1) is 6.92 Å². The van der Waals surface area contributed by atoms with Crippen LogP contribution < -0.4 is 22.4 Å². The van der Waals surface area contributed by atoms with E-state index in [0.29, 0.717) is 29.6 Å². The SMILES string of the molecule is Cc1nc(N)ccc1CNC(=O)C1C=CCn2c(=O)n(C(CSc3ccc(Cl)cc3)C(=O)N3CCCC3)c(=O)n21. The average molecular weight is 584 g/mol. The number of hydrogen-bond acceptors (Lipinski definition) is 7. The van der Waals surface area contributed by atoms with E-state index in [1.807, 2.05) is 12.1 Å². The molecule has 2 aliphatic heterocycles. The quantitative estimate of drug-likeness (QED) is 0.306. The van der Waals surface area contributed by atoms with E-state index >= 15 is 0 Å². The molecule has 0 aliphatic carbocycles. The summed E-state index contributed by atoms with van der Waals surface area (Å²) in [5.41, 5.74) is 5.85. The normalized spacial score (nSPS) is 17.1. The Morgan fingerprint density at radius 3 is 2.55 bits per heavy atom. The van der Waals surface area contributed by atoms with Crippen LogP contribution in [0.4, 0.5) is 5.82 Å². The predicted octanol–water partition coefficient (Wildman–Crippen LogP) is 2.13. The van der Waals surface area contributed by atoms with Gasteiger partial charge in [-0.15, -0.1) is 11.8 Å². The summed E-state index contributed by atoms with van der Waals surface area (Å²) in [6, 6.07) is 8.49. The summed E-state index contributed by atoms with van der Waals surface area (Å²) in [6.07, 6.45) is 5.01. The number of nitrogens with zero attached hydrogens (tertiary/aromatic N) is 5. The second kappa shape index (κ2) is 11.8. The number of aromatic nitrogens is 4. The number of aryl methyl sites for hydroxylation is 1. The highest BCUT2D eigenvalue weighted by molar-refractivity contribution is 7.99. The molecule has 0 bridgehead atoms. The lowest BCUT2D eigenvalue weighted by Gasteiger charge is -2.23. The molecule has 2 aliphatic rings. The molecular formula is C27H30ClN7O4S. The number of hydrogen-bond donors (Lipinski definition) is 2. The first kappa shape index (κ1) is 27.8. The highest BCUT2D eigenvalue weighted by Gasteiger charge is 2.35. The monoisotopic (exact) mass is 583 g/mol. The first-order valence-corrected chi connectivity index (χ1v) is 14.4. The second-order valence-corrected chi connectivity index (χ2v) is 11.3. The Bertz CT molecular complexity index is 1570. The van der Waals surface area contributed by atoms with Crippen molar-refractivity contribution in [2.75, 3.05) is 24.6 Å². The highest BCUT2D eigenvalue weighted by atomic mass is 35.5. The maximum atomic E-state index is 13.8. The number of allylic oxidation sites excluding steroid dienone is 1. The van der Waals surface area contributed by atoms with Gasteiger partial charge in [-0.3, -0.25) is 9.59 Å². The van der Waals surface area contributed by atoms with Gasteiger partial charge in [-0.25, -0.2) is 28.5 Å². The van der Waals surface area contributed by atoms with Crippen molar-refractivity contribution in [2.45, 2.75) is 49.8 Å². The molecule has 1 saturated heterocycles. The first-order chi connectivity index (χ1) is 19.2. The van der Waals surface area contributed by atoms with Crippen molar-refractivity contribution in [3.63, 3.8) is 0 Å². The third-order valence-corrected chi connectivity index (χ3v) is 8.46. The number of anilines is 1. The molecule has 5 rings (SSSR count).